The van der Waals surface area contributed by atoms with Crippen molar-refractivity contribution in [3.05, 3.63) is 58.9 Å². The number of likely N-dealkylation sites (N-methyl/N-ethyl adjacent to an activating group) is 2. The van der Waals surface area contributed by atoms with Crippen LogP contribution < -0.4 is 4.74 Å². The van der Waals surface area contributed by atoms with Crippen LogP contribution in [0.5, 0.6) is 5.75 Å². The van der Waals surface area contributed by atoms with E-state index in [0.29, 0.717) is 5.56 Å². The van der Waals surface area contributed by atoms with E-state index in [1.807, 2.05) is 0 Å². The molecule has 0 fully saturated rings. The van der Waals surface area contributed by atoms with E-state index in [9.17, 15) is 17.6 Å². The Kier molecular flexibility index (Phi) is 6.80. The SMILES string of the molecule is COc1ccc(Cl)cc1S(=O)(=O)N(C)CC(=O)N(C)Cc1ccccc1F. The molecule has 0 saturated heterocycles. The number of nitrogens with zero attached hydrogens (tertiary/aromatic N) is 2. The highest BCUT2D eigenvalue weighted by atomic mass is 35.5. The molecule has 0 heterocycles. The van der Waals surface area contributed by atoms with Crippen LogP contribution in [0.3, 0.4) is 0 Å². The smallest absolute Gasteiger partial charge is 0.247 e. The number of ether oxygens (including phenoxy) is 1. The van der Waals surface area contributed by atoms with Gasteiger partial charge in [0.2, 0.25) is 15.9 Å². The number of carbonyl (C=O) groups excluding carboxylic acids is 1. The molecule has 9 heteroatoms. The molecule has 2 aromatic rings. The Bertz CT molecular complexity index is 937. The van der Waals surface area contributed by atoms with Gasteiger partial charge in [-0.1, -0.05) is 29.8 Å². The molecule has 146 valence electrons. The van der Waals surface area contributed by atoms with Crippen molar-refractivity contribution in [2.75, 3.05) is 27.7 Å². The lowest BCUT2D eigenvalue weighted by Gasteiger charge is -2.23. The van der Waals surface area contributed by atoms with Crippen molar-refractivity contribution in [2.24, 2.45) is 0 Å². The summed E-state index contributed by atoms with van der Waals surface area (Å²) in [5.74, 6) is -0.787. The molecular formula is C18H20ClFN2O4S. The Morgan fingerprint density at radius 2 is 1.85 bits per heavy atom. The molecule has 0 atom stereocenters. The lowest BCUT2D eigenvalue weighted by molar-refractivity contribution is -0.130. The Balaban J connectivity index is 2.15. The normalized spacial score (nSPS) is 11.5. The Labute approximate surface area is 163 Å². The summed E-state index contributed by atoms with van der Waals surface area (Å²) in [6.07, 6.45) is 0. The minimum Gasteiger partial charge on any atom is -0.495 e. The first kappa shape index (κ1) is 21.1. The Hall–Kier alpha value is -2.16. The van der Waals surface area contributed by atoms with Gasteiger partial charge in [-0.25, -0.2) is 12.8 Å². The molecule has 2 aromatic carbocycles. The van der Waals surface area contributed by atoms with Crippen LogP contribution in [0.15, 0.2) is 47.4 Å². The van der Waals surface area contributed by atoms with Crippen LogP contribution in [0.4, 0.5) is 4.39 Å². The summed E-state index contributed by atoms with van der Waals surface area (Å²) < 4.78 is 45.3. The number of hydrogen-bond acceptors (Lipinski definition) is 4. The van der Waals surface area contributed by atoms with E-state index in [2.05, 4.69) is 0 Å². The third kappa shape index (κ3) is 4.97. The number of halogens is 2. The second-order valence-electron chi connectivity index (χ2n) is 5.90. The third-order valence-corrected chi connectivity index (χ3v) is 6.02. The van der Waals surface area contributed by atoms with Crippen LogP contribution in [-0.4, -0.2) is 51.3 Å². The van der Waals surface area contributed by atoms with Crippen molar-refractivity contribution in [3.63, 3.8) is 0 Å². The molecule has 1 amide bonds. The summed E-state index contributed by atoms with van der Waals surface area (Å²) >= 11 is 5.90. The molecule has 0 saturated carbocycles. The molecule has 0 bridgehead atoms. The molecule has 0 unspecified atom stereocenters. The zero-order chi connectivity index (χ0) is 20.2. The summed E-state index contributed by atoms with van der Waals surface area (Å²) in [7, 11) is 0.0949. The van der Waals surface area contributed by atoms with E-state index in [1.54, 1.807) is 18.2 Å². The summed E-state index contributed by atoms with van der Waals surface area (Å²) in [6.45, 7) is -0.386. The first-order chi connectivity index (χ1) is 12.7. The number of methoxy groups -OCH3 is 1. The molecule has 27 heavy (non-hydrogen) atoms. The van der Waals surface area contributed by atoms with E-state index in [4.69, 9.17) is 16.3 Å². The Morgan fingerprint density at radius 3 is 2.48 bits per heavy atom. The molecular weight excluding hydrogens is 395 g/mol. The number of benzene rings is 2. The van der Waals surface area contributed by atoms with Crippen molar-refractivity contribution in [1.82, 2.24) is 9.21 Å². The lowest BCUT2D eigenvalue weighted by atomic mass is 10.2. The monoisotopic (exact) mass is 414 g/mol. The van der Waals surface area contributed by atoms with E-state index in [1.165, 1.54) is 50.4 Å². The minimum atomic E-state index is -4.01. The molecule has 0 N–H and O–H groups in total. The van der Waals surface area contributed by atoms with Gasteiger partial charge in [0.1, 0.15) is 16.5 Å². The van der Waals surface area contributed by atoms with Crippen LogP contribution in [0.25, 0.3) is 0 Å². The summed E-state index contributed by atoms with van der Waals surface area (Å²) in [5.41, 5.74) is 0.343. The van der Waals surface area contributed by atoms with Crippen molar-refractivity contribution >= 4 is 27.5 Å². The number of sulfonamides is 1. The van der Waals surface area contributed by atoms with Crippen LogP contribution in [0.1, 0.15) is 5.56 Å². The first-order valence-corrected chi connectivity index (χ1v) is 9.76. The second-order valence-corrected chi connectivity index (χ2v) is 8.35. The van der Waals surface area contributed by atoms with Gasteiger partial charge in [-0.15, -0.1) is 0 Å². The molecule has 0 aliphatic heterocycles. The van der Waals surface area contributed by atoms with Crippen LogP contribution in [-0.2, 0) is 21.4 Å². The number of hydrogen-bond donors (Lipinski definition) is 0. The van der Waals surface area contributed by atoms with Gasteiger partial charge in [0.25, 0.3) is 0 Å². The number of carbonyl (C=O) groups is 1. The van der Waals surface area contributed by atoms with E-state index < -0.39 is 28.3 Å². The molecule has 2 rings (SSSR count). The molecule has 0 aliphatic rings. The van der Waals surface area contributed by atoms with Crippen LogP contribution in [0, 0.1) is 5.82 Å². The Morgan fingerprint density at radius 1 is 1.19 bits per heavy atom. The van der Waals surface area contributed by atoms with Crippen molar-refractivity contribution in [3.8, 4) is 5.75 Å². The second kappa shape index (κ2) is 8.69. The fraction of sp³-hybridized carbons (Fsp3) is 0.278. The van der Waals surface area contributed by atoms with Crippen LogP contribution >= 0.6 is 11.6 Å². The average Bonchev–Trinajstić information content (AvgIpc) is 2.63. The lowest BCUT2D eigenvalue weighted by Crippen LogP contribution is -2.39. The molecule has 6 nitrogen and oxygen atoms in total. The van der Waals surface area contributed by atoms with Gasteiger partial charge in [0, 0.05) is 31.2 Å². The molecule has 0 radical (unpaired) electrons. The predicted octanol–water partition coefficient (Wildman–Crippen LogP) is 2.77. The molecule has 0 aromatic heterocycles. The zero-order valence-corrected chi connectivity index (χ0v) is 16.7. The van der Waals surface area contributed by atoms with Gasteiger partial charge >= 0.3 is 0 Å². The van der Waals surface area contributed by atoms with Crippen molar-refractivity contribution < 1.29 is 22.3 Å². The number of rotatable bonds is 7. The van der Waals surface area contributed by atoms with Crippen LogP contribution in [0.2, 0.25) is 5.02 Å². The number of amides is 1. The van der Waals surface area contributed by atoms with Gasteiger partial charge in [0.15, 0.2) is 0 Å². The topological polar surface area (TPSA) is 66.9 Å². The maximum Gasteiger partial charge on any atom is 0.247 e. The third-order valence-electron chi connectivity index (χ3n) is 3.96. The van der Waals surface area contributed by atoms with E-state index in [-0.39, 0.29) is 22.2 Å². The van der Waals surface area contributed by atoms with Gasteiger partial charge in [-0.05, 0) is 24.3 Å². The highest BCUT2D eigenvalue weighted by Gasteiger charge is 2.27. The van der Waals surface area contributed by atoms with Gasteiger partial charge in [-0.3, -0.25) is 4.79 Å². The zero-order valence-electron chi connectivity index (χ0n) is 15.1. The minimum absolute atomic E-state index is 0.0277. The van der Waals surface area contributed by atoms with Crippen molar-refractivity contribution in [2.45, 2.75) is 11.4 Å². The largest absolute Gasteiger partial charge is 0.495 e. The maximum absolute atomic E-state index is 13.7. The van der Waals surface area contributed by atoms with Gasteiger partial charge in [0.05, 0.1) is 13.7 Å². The van der Waals surface area contributed by atoms with Gasteiger partial charge < -0.3 is 9.64 Å². The molecule has 0 aliphatic carbocycles. The maximum atomic E-state index is 13.7. The fourth-order valence-electron chi connectivity index (χ4n) is 2.39. The van der Waals surface area contributed by atoms with Crippen molar-refractivity contribution in [1.29, 1.82) is 0 Å². The van der Waals surface area contributed by atoms with E-state index >= 15 is 0 Å². The fourth-order valence-corrected chi connectivity index (χ4v) is 3.92. The predicted molar refractivity (Wildman–Crippen MR) is 101 cm³/mol. The quantitative estimate of drug-likeness (QED) is 0.698. The van der Waals surface area contributed by atoms with E-state index in [0.717, 1.165) is 4.31 Å². The summed E-state index contributed by atoms with van der Waals surface area (Å²) in [4.78, 5) is 13.5. The first-order valence-electron chi connectivity index (χ1n) is 7.94. The summed E-state index contributed by atoms with van der Waals surface area (Å²) in [5, 5.41) is 0.228. The standard InChI is InChI=1S/C18H20ClFN2O4S/c1-21(11-13-6-4-5-7-15(13)20)18(23)12-22(2)27(24,25)17-10-14(19)8-9-16(17)26-3/h4-10H,11-12H2,1-3H3. The summed E-state index contributed by atoms with van der Waals surface area (Å²) in [6, 6.07) is 10.3. The van der Waals surface area contributed by atoms with Gasteiger partial charge in [-0.2, -0.15) is 4.31 Å². The highest BCUT2D eigenvalue weighted by molar-refractivity contribution is 7.89. The average molecular weight is 415 g/mol. The molecule has 0 spiro atoms. The highest BCUT2D eigenvalue weighted by Crippen LogP contribution is 2.29.